The standard InChI is InChI=1S/C17H20ClO8P/c1-5-25-27(22,26-6-2)15(17(21)24-4)13(16(20)23-3)14(19)11-7-9-12(18)10-8-11/h7-10H,5-6H2,1-4H3/b15-13+. The Hall–Kier alpha value is -1.99. The third-order valence-electron chi connectivity index (χ3n) is 3.21. The van der Waals surface area contributed by atoms with Crippen LogP contribution in [0.5, 0.6) is 0 Å². The Bertz CT molecular complexity index is 775. The summed E-state index contributed by atoms with van der Waals surface area (Å²) in [6.45, 7) is 2.81. The molecule has 1 aromatic rings. The third kappa shape index (κ3) is 5.49. The van der Waals surface area contributed by atoms with Gasteiger partial charge in [-0.3, -0.25) is 9.36 Å². The summed E-state index contributed by atoms with van der Waals surface area (Å²) >= 11 is 5.80. The lowest BCUT2D eigenvalue weighted by molar-refractivity contribution is -0.138. The summed E-state index contributed by atoms with van der Waals surface area (Å²) in [5.41, 5.74) is -0.780. The van der Waals surface area contributed by atoms with Gasteiger partial charge in [-0.25, -0.2) is 9.59 Å². The Labute approximate surface area is 161 Å². The SMILES string of the molecule is CCOP(=O)(OCC)/C(C(=O)OC)=C(/C(=O)OC)C(=O)c1ccc(Cl)cc1. The molecule has 0 N–H and O–H groups in total. The number of benzene rings is 1. The molecule has 0 saturated carbocycles. The fourth-order valence-corrected chi connectivity index (χ4v) is 4.02. The Morgan fingerprint density at radius 2 is 1.41 bits per heavy atom. The van der Waals surface area contributed by atoms with Crippen molar-refractivity contribution in [1.82, 2.24) is 0 Å². The van der Waals surface area contributed by atoms with Gasteiger partial charge >= 0.3 is 19.5 Å². The van der Waals surface area contributed by atoms with Crippen LogP contribution < -0.4 is 0 Å². The van der Waals surface area contributed by atoms with E-state index in [1.165, 1.54) is 38.1 Å². The summed E-state index contributed by atoms with van der Waals surface area (Å²) in [5, 5.41) is -0.460. The molecule has 0 saturated heterocycles. The molecule has 27 heavy (non-hydrogen) atoms. The molecule has 0 aliphatic heterocycles. The van der Waals surface area contributed by atoms with Crippen molar-refractivity contribution in [2.24, 2.45) is 0 Å². The fourth-order valence-electron chi connectivity index (χ4n) is 2.10. The molecule has 0 spiro atoms. The van der Waals surface area contributed by atoms with Crippen LogP contribution in [0.4, 0.5) is 0 Å². The molecular formula is C17H20ClO8P. The van der Waals surface area contributed by atoms with Crippen LogP contribution in [0.3, 0.4) is 0 Å². The molecule has 0 bridgehead atoms. The van der Waals surface area contributed by atoms with Crippen LogP contribution in [0.25, 0.3) is 0 Å². The minimum atomic E-state index is -4.35. The summed E-state index contributed by atoms with van der Waals surface area (Å²) in [5.74, 6) is -3.31. The topological polar surface area (TPSA) is 105 Å². The zero-order valence-corrected chi connectivity index (χ0v) is 17.0. The van der Waals surface area contributed by atoms with Gasteiger partial charge in [0.15, 0.2) is 5.31 Å². The predicted molar refractivity (Wildman–Crippen MR) is 97.7 cm³/mol. The second-order valence-electron chi connectivity index (χ2n) is 4.88. The minimum Gasteiger partial charge on any atom is -0.465 e. The normalized spacial score (nSPS) is 12.2. The zero-order chi connectivity index (χ0) is 20.6. The van der Waals surface area contributed by atoms with E-state index in [0.717, 1.165) is 14.2 Å². The van der Waals surface area contributed by atoms with Crippen molar-refractivity contribution in [3.8, 4) is 0 Å². The van der Waals surface area contributed by atoms with E-state index in [2.05, 4.69) is 9.47 Å². The number of ketones is 1. The number of hydrogen-bond donors (Lipinski definition) is 0. The van der Waals surface area contributed by atoms with Gasteiger partial charge in [0.25, 0.3) is 0 Å². The van der Waals surface area contributed by atoms with Gasteiger partial charge in [-0.05, 0) is 38.1 Å². The fraction of sp³-hybridized carbons (Fsp3) is 0.353. The molecule has 0 aromatic heterocycles. The van der Waals surface area contributed by atoms with Gasteiger partial charge in [-0.1, -0.05) is 11.6 Å². The van der Waals surface area contributed by atoms with Gasteiger partial charge in [0.2, 0.25) is 5.78 Å². The second kappa shape index (κ2) is 10.4. The maximum Gasteiger partial charge on any atom is 0.369 e. The molecule has 1 rings (SSSR count). The Balaban J connectivity index is 3.80. The van der Waals surface area contributed by atoms with Gasteiger partial charge < -0.3 is 18.5 Å². The van der Waals surface area contributed by atoms with Crippen molar-refractivity contribution in [3.05, 3.63) is 45.7 Å². The monoisotopic (exact) mass is 418 g/mol. The number of esters is 2. The molecular weight excluding hydrogens is 399 g/mol. The smallest absolute Gasteiger partial charge is 0.369 e. The van der Waals surface area contributed by atoms with E-state index in [-0.39, 0.29) is 18.8 Å². The highest BCUT2D eigenvalue weighted by Crippen LogP contribution is 2.57. The van der Waals surface area contributed by atoms with Crippen LogP contribution in [0.15, 0.2) is 35.2 Å². The van der Waals surface area contributed by atoms with E-state index in [1.54, 1.807) is 0 Å². The van der Waals surface area contributed by atoms with Crippen molar-refractivity contribution >= 4 is 36.9 Å². The van der Waals surface area contributed by atoms with Gasteiger partial charge in [-0.2, -0.15) is 0 Å². The van der Waals surface area contributed by atoms with Crippen LogP contribution in [-0.4, -0.2) is 45.2 Å². The van der Waals surface area contributed by atoms with Crippen LogP contribution >= 0.6 is 19.2 Å². The van der Waals surface area contributed by atoms with Crippen LogP contribution in [0.2, 0.25) is 5.02 Å². The molecule has 0 amide bonds. The summed E-state index contributed by atoms with van der Waals surface area (Å²) in [4.78, 5) is 37.6. The average Bonchev–Trinajstić information content (AvgIpc) is 2.65. The zero-order valence-electron chi connectivity index (χ0n) is 15.3. The van der Waals surface area contributed by atoms with Gasteiger partial charge in [0.1, 0.15) is 5.57 Å². The van der Waals surface area contributed by atoms with Crippen molar-refractivity contribution in [1.29, 1.82) is 0 Å². The first-order valence-electron chi connectivity index (χ1n) is 7.86. The lowest BCUT2D eigenvalue weighted by atomic mass is 10.0. The molecule has 0 aliphatic rings. The van der Waals surface area contributed by atoms with Crippen LogP contribution in [0.1, 0.15) is 24.2 Å². The van der Waals surface area contributed by atoms with Crippen molar-refractivity contribution in [3.63, 3.8) is 0 Å². The number of ether oxygens (including phenoxy) is 2. The third-order valence-corrected chi connectivity index (χ3v) is 5.61. The van der Waals surface area contributed by atoms with Crippen molar-refractivity contribution < 1.29 is 37.5 Å². The lowest BCUT2D eigenvalue weighted by Crippen LogP contribution is -2.22. The first-order chi connectivity index (χ1) is 12.7. The molecule has 0 aliphatic carbocycles. The molecule has 0 heterocycles. The number of Topliss-reactive ketones (excluding diaryl/α,β-unsaturated/α-hetero) is 1. The highest BCUT2D eigenvalue weighted by atomic mass is 35.5. The first-order valence-corrected chi connectivity index (χ1v) is 9.78. The predicted octanol–water partition coefficient (Wildman–Crippen LogP) is 3.39. The number of carbonyl (C=O) groups excluding carboxylic acids is 3. The molecule has 0 atom stereocenters. The number of methoxy groups -OCH3 is 2. The van der Waals surface area contributed by atoms with Crippen molar-refractivity contribution in [2.45, 2.75) is 13.8 Å². The van der Waals surface area contributed by atoms with Gasteiger partial charge in [0.05, 0.1) is 27.4 Å². The lowest BCUT2D eigenvalue weighted by Gasteiger charge is -2.20. The molecule has 10 heteroatoms. The second-order valence-corrected chi connectivity index (χ2v) is 7.27. The van der Waals surface area contributed by atoms with E-state index in [1.807, 2.05) is 0 Å². The number of rotatable bonds is 9. The highest BCUT2D eigenvalue weighted by molar-refractivity contribution is 7.60. The van der Waals surface area contributed by atoms with Gasteiger partial charge in [-0.15, -0.1) is 0 Å². The summed E-state index contributed by atoms with van der Waals surface area (Å²) < 4.78 is 32.7. The highest BCUT2D eigenvalue weighted by Gasteiger charge is 2.43. The van der Waals surface area contributed by atoms with E-state index >= 15 is 0 Å². The first kappa shape index (κ1) is 23.0. The molecule has 0 fully saturated rings. The van der Waals surface area contributed by atoms with Crippen LogP contribution in [-0.2, 0) is 32.7 Å². The Morgan fingerprint density at radius 3 is 1.81 bits per heavy atom. The largest absolute Gasteiger partial charge is 0.465 e. The quantitative estimate of drug-likeness (QED) is 0.150. The summed E-state index contributed by atoms with van der Waals surface area (Å²) in [6, 6.07) is 5.53. The molecule has 0 radical (unpaired) electrons. The molecule has 148 valence electrons. The molecule has 0 unspecified atom stereocenters. The Kier molecular flexibility index (Phi) is 8.85. The number of carbonyl (C=O) groups is 3. The van der Waals surface area contributed by atoms with Crippen LogP contribution in [0, 0.1) is 0 Å². The van der Waals surface area contributed by atoms with Crippen molar-refractivity contribution in [2.75, 3.05) is 27.4 Å². The number of halogens is 1. The van der Waals surface area contributed by atoms with E-state index in [0.29, 0.717) is 5.02 Å². The molecule has 8 nitrogen and oxygen atoms in total. The van der Waals surface area contributed by atoms with E-state index in [4.69, 9.17) is 20.6 Å². The van der Waals surface area contributed by atoms with E-state index in [9.17, 15) is 18.9 Å². The van der Waals surface area contributed by atoms with Gasteiger partial charge in [0, 0.05) is 10.6 Å². The average molecular weight is 419 g/mol. The maximum atomic E-state index is 13.2. The summed E-state index contributed by atoms with van der Waals surface area (Å²) in [6.07, 6.45) is 0. The Morgan fingerprint density at radius 1 is 0.926 bits per heavy atom. The molecule has 1 aromatic carbocycles. The number of hydrogen-bond acceptors (Lipinski definition) is 8. The maximum absolute atomic E-state index is 13.2. The summed E-state index contributed by atoms with van der Waals surface area (Å²) in [7, 11) is -2.33. The minimum absolute atomic E-state index is 0.0146. The van der Waals surface area contributed by atoms with E-state index < -0.39 is 36.2 Å².